The van der Waals surface area contributed by atoms with Gasteiger partial charge in [0.25, 0.3) is 11.8 Å². The monoisotopic (exact) mass is 491 g/mol. The lowest BCUT2D eigenvalue weighted by Gasteiger charge is -2.24. The maximum Gasteiger partial charge on any atom is 0.416 e. The van der Waals surface area contributed by atoms with Crippen LogP contribution < -0.4 is 4.90 Å². The van der Waals surface area contributed by atoms with Crippen LogP contribution in [0.15, 0.2) is 54.1 Å². The summed E-state index contributed by atoms with van der Waals surface area (Å²) in [5, 5.41) is 3.48. The fourth-order valence-electron chi connectivity index (χ4n) is 2.87. The second kappa shape index (κ2) is 13.0. The van der Waals surface area contributed by atoms with E-state index >= 15 is 0 Å². The van der Waals surface area contributed by atoms with Gasteiger partial charge in [0.2, 0.25) is 0 Å². The van der Waals surface area contributed by atoms with Gasteiger partial charge in [-0.1, -0.05) is 24.2 Å². The van der Waals surface area contributed by atoms with Gasteiger partial charge in [0.05, 0.1) is 12.2 Å². The molecule has 0 saturated carbocycles. The van der Waals surface area contributed by atoms with Crippen LogP contribution in [0.2, 0.25) is 0 Å². The molecule has 5 nitrogen and oxygen atoms in total. The summed E-state index contributed by atoms with van der Waals surface area (Å²) in [7, 11) is 0. The van der Waals surface area contributed by atoms with Gasteiger partial charge in [0.15, 0.2) is 5.82 Å². The average Bonchev–Trinajstić information content (AvgIpc) is 3.26. The number of carbonyl (C=O) groups is 1. The third-order valence-electron chi connectivity index (χ3n) is 4.55. The molecule has 0 aliphatic carbocycles. The molecule has 1 amide bonds. The Kier molecular flexibility index (Phi) is 11.0. The number of anilines is 1. The number of unbranched alkanes of at least 4 members (excludes halogenated alkanes) is 2. The van der Waals surface area contributed by atoms with Gasteiger partial charge in [0, 0.05) is 37.6 Å². The first-order chi connectivity index (χ1) is 15.9. The van der Waals surface area contributed by atoms with Gasteiger partial charge in [-0.2, -0.15) is 26.9 Å². The van der Waals surface area contributed by atoms with E-state index in [2.05, 4.69) is 34.4 Å². The molecule has 0 aliphatic rings. The molecular weight excluding hydrogens is 464 g/mol. The Bertz CT molecular complexity index is 937. The van der Waals surface area contributed by atoms with E-state index in [1.54, 1.807) is 0 Å². The van der Waals surface area contributed by atoms with E-state index in [-0.39, 0.29) is 36.5 Å². The van der Waals surface area contributed by atoms with E-state index in [0.29, 0.717) is 26.2 Å². The normalized spacial score (nSPS) is 11.5. The van der Waals surface area contributed by atoms with Crippen LogP contribution in [0.3, 0.4) is 0 Å². The fraction of sp³-hybridized carbons (Fsp3) is 0.435. The molecule has 0 saturated heterocycles. The molecule has 34 heavy (non-hydrogen) atoms. The molecule has 0 bridgehead atoms. The quantitative estimate of drug-likeness (QED) is 0.153. The number of benzene rings is 1. The Balaban J connectivity index is 0.00000281. The van der Waals surface area contributed by atoms with Crippen LogP contribution in [-0.4, -0.2) is 29.3 Å². The molecule has 0 spiro atoms. The zero-order valence-electron chi connectivity index (χ0n) is 18.8. The number of aryl methyl sites for hydroxylation is 1. The van der Waals surface area contributed by atoms with Crippen molar-refractivity contribution in [1.29, 1.82) is 0 Å². The van der Waals surface area contributed by atoms with Crippen LogP contribution in [0.5, 0.6) is 0 Å². The number of alkyl halides is 6. The number of hydrogen-bond donors (Lipinski definition) is 0. The number of halogens is 6. The van der Waals surface area contributed by atoms with Gasteiger partial charge >= 0.3 is 12.1 Å². The van der Waals surface area contributed by atoms with Crippen LogP contribution in [0.1, 0.15) is 49.9 Å². The largest absolute Gasteiger partial charge is 0.416 e. The number of aromatic nitrogens is 2. The number of rotatable bonds is 11. The third-order valence-corrected chi connectivity index (χ3v) is 4.55. The minimum absolute atomic E-state index is 0.0258. The van der Waals surface area contributed by atoms with Gasteiger partial charge in [-0.05, 0) is 31.0 Å². The third kappa shape index (κ3) is 8.68. The summed E-state index contributed by atoms with van der Waals surface area (Å²) in [5.41, 5.74) is -0.938. The van der Waals surface area contributed by atoms with Crippen molar-refractivity contribution in [2.45, 2.75) is 51.1 Å². The molecule has 0 N–H and O–H groups in total. The van der Waals surface area contributed by atoms with E-state index in [1.165, 1.54) is 12.1 Å². The van der Waals surface area contributed by atoms with Crippen molar-refractivity contribution in [3.63, 3.8) is 0 Å². The van der Waals surface area contributed by atoms with E-state index in [0.717, 1.165) is 17.0 Å². The molecule has 2 rings (SSSR count). The standard InChI is InChI=1S/C21H23F6N3O2.C2H4/c1-14(10-11-22)18(31)30(16-8-6-7-15(13-16)21(25,26)27)12-5-3-4-9-17-28-19(32-29-17)20(2,23)24;1-2/h6-8,13H,1,3-5,9-12H2,2H3;1-2H2. The SMILES string of the molecule is C=C.C=C(CCF)C(=O)N(CCCCCc1noc(C(C)(F)F)n1)c1cccc(C(F)(F)F)c1. The summed E-state index contributed by atoms with van der Waals surface area (Å²) in [6.07, 6.45) is -3.18. The molecule has 11 heteroatoms. The second-order valence-corrected chi connectivity index (χ2v) is 7.26. The maximum absolute atomic E-state index is 13.1. The van der Waals surface area contributed by atoms with Crippen molar-refractivity contribution in [2.24, 2.45) is 0 Å². The summed E-state index contributed by atoms with van der Waals surface area (Å²) in [6, 6.07) is 4.29. The molecule has 0 radical (unpaired) electrons. The Morgan fingerprint density at radius 3 is 2.35 bits per heavy atom. The molecule has 1 heterocycles. The second-order valence-electron chi connectivity index (χ2n) is 7.26. The van der Waals surface area contributed by atoms with Crippen LogP contribution in [-0.2, 0) is 23.3 Å². The Morgan fingerprint density at radius 1 is 1.12 bits per heavy atom. The van der Waals surface area contributed by atoms with Crippen molar-refractivity contribution in [1.82, 2.24) is 10.1 Å². The van der Waals surface area contributed by atoms with Crippen molar-refractivity contribution in [3.8, 4) is 0 Å². The van der Waals surface area contributed by atoms with E-state index < -0.39 is 36.1 Å². The lowest BCUT2D eigenvalue weighted by atomic mass is 10.1. The molecule has 0 aliphatic heterocycles. The zero-order chi connectivity index (χ0) is 25.9. The van der Waals surface area contributed by atoms with Crippen molar-refractivity contribution >= 4 is 11.6 Å². The van der Waals surface area contributed by atoms with E-state index in [4.69, 9.17) is 0 Å². The smallest absolute Gasteiger partial charge is 0.333 e. The summed E-state index contributed by atoms with van der Waals surface area (Å²) in [5.74, 6) is -4.56. The van der Waals surface area contributed by atoms with Crippen molar-refractivity contribution < 1.29 is 35.7 Å². The van der Waals surface area contributed by atoms with Crippen LogP contribution >= 0.6 is 0 Å². The molecule has 1 aromatic carbocycles. The first kappa shape index (κ1) is 28.9. The lowest BCUT2D eigenvalue weighted by molar-refractivity contribution is -0.137. The highest BCUT2D eigenvalue weighted by Crippen LogP contribution is 2.32. The first-order valence-corrected chi connectivity index (χ1v) is 10.4. The molecule has 1 aromatic heterocycles. The molecule has 0 atom stereocenters. The highest BCUT2D eigenvalue weighted by Gasteiger charge is 2.32. The van der Waals surface area contributed by atoms with Crippen LogP contribution in [0, 0.1) is 0 Å². The van der Waals surface area contributed by atoms with Gasteiger partial charge in [0.1, 0.15) is 0 Å². The topological polar surface area (TPSA) is 59.2 Å². The number of hydrogen-bond acceptors (Lipinski definition) is 4. The van der Waals surface area contributed by atoms with Gasteiger partial charge in [-0.25, -0.2) is 0 Å². The van der Waals surface area contributed by atoms with Gasteiger partial charge < -0.3 is 9.42 Å². The summed E-state index contributed by atoms with van der Waals surface area (Å²) >= 11 is 0. The van der Waals surface area contributed by atoms with Crippen molar-refractivity contribution in [3.05, 3.63) is 66.9 Å². The highest BCUT2D eigenvalue weighted by atomic mass is 19.4. The summed E-state index contributed by atoms with van der Waals surface area (Å²) in [6.45, 7) is 9.42. The summed E-state index contributed by atoms with van der Waals surface area (Å²) in [4.78, 5) is 17.4. The van der Waals surface area contributed by atoms with Gasteiger partial charge in [-0.3, -0.25) is 9.18 Å². The Labute approximate surface area is 194 Å². The maximum atomic E-state index is 13.1. The summed E-state index contributed by atoms with van der Waals surface area (Å²) < 4.78 is 82.6. The van der Waals surface area contributed by atoms with E-state index in [9.17, 15) is 31.1 Å². The van der Waals surface area contributed by atoms with Crippen LogP contribution in [0.4, 0.5) is 32.0 Å². The molecule has 188 valence electrons. The number of carbonyl (C=O) groups excluding carboxylic acids is 1. The first-order valence-electron chi connectivity index (χ1n) is 10.4. The Morgan fingerprint density at radius 2 is 1.79 bits per heavy atom. The predicted molar refractivity (Wildman–Crippen MR) is 116 cm³/mol. The van der Waals surface area contributed by atoms with Crippen molar-refractivity contribution in [2.75, 3.05) is 18.1 Å². The lowest BCUT2D eigenvalue weighted by Crippen LogP contribution is -2.33. The van der Waals surface area contributed by atoms with E-state index in [1.807, 2.05) is 0 Å². The Hall–Kier alpha value is -3.11. The number of amides is 1. The van der Waals surface area contributed by atoms with Crippen LogP contribution in [0.25, 0.3) is 0 Å². The minimum atomic E-state index is -4.58. The van der Waals surface area contributed by atoms with Gasteiger partial charge in [-0.15, -0.1) is 13.2 Å². The zero-order valence-corrected chi connectivity index (χ0v) is 18.8. The molecule has 2 aromatic rings. The highest BCUT2D eigenvalue weighted by molar-refractivity contribution is 6.05. The molecular formula is C23H27F6N3O2. The number of nitrogens with zero attached hydrogens (tertiary/aromatic N) is 3. The molecule has 0 fully saturated rings. The predicted octanol–water partition coefficient (Wildman–Crippen LogP) is 6.66. The molecule has 0 unspecified atom stereocenters. The fourth-order valence-corrected chi connectivity index (χ4v) is 2.87. The minimum Gasteiger partial charge on any atom is -0.333 e. The average molecular weight is 491 g/mol.